The number of hydrogen-bond donors (Lipinski definition) is 1. The number of benzene rings is 1. The number of anilines is 1. The van der Waals surface area contributed by atoms with Gasteiger partial charge in [0, 0.05) is 24.7 Å². The lowest BCUT2D eigenvalue weighted by Crippen LogP contribution is -2.17. The molecule has 2 aromatic rings. The summed E-state index contributed by atoms with van der Waals surface area (Å²) in [7, 11) is 2.05. The lowest BCUT2D eigenvalue weighted by molar-refractivity contribution is 0.675. The van der Waals surface area contributed by atoms with Crippen LogP contribution in [0.4, 0.5) is 5.69 Å². The largest absolute Gasteiger partial charge is 0.369 e. The maximum absolute atomic E-state index is 5.97. The van der Waals surface area contributed by atoms with Crippen molar-refractivity contribution in [2.45, 2.75) is 25.9 Å². The zero-order chi connectivity index (χ0) is 14.5. The van der Waals surface area contributed by atoms with Crippen molar-refractivity contribution in [3.8, 4) is 0 Å². The van der Waals surface area contributed by atoms with Gasteiger partial charge >= 0.3 is 0 Å². The van der Waals surface area contributed by atoms with E-state index in [1.165, 1.54) is 5.56 Å². The van der Waals surface area contributed by atoms with Crippen LogP contribution in [0.15, 0.2) is 42.6 Å². The zero-order valence-electron chi connectivity index (χ0n) is 11.9. The smallest absolute Gasteiger partial charge is 0.0572 e. The van der Waals surface area contributed by atoms with E-state index in [0.29, 0.717) is 0 Å². The molecular formula is C16H20ClN3. The summed E-state index contributed by atoms with van der Waals surface area (Å²) in [6, 6.07) is 12.0. The summed E-state index contributed by atoms with van der Waals surface area (Å²) < 4.78 is 0. The van der Waals surface area contributed by atoms with Crippen LogP contribution in [0.5, 0.6) is 0 Å². The molecule has 1 atom stereocenters. The van der Waals surface area contributed by atoms with E-state index in [-0.39, 0.29) is 6.04 Å². The first-order valence-corrected chi connectivity index (χ1v) is 7.15. The maximum atomic E-state index is 5.97. The van der Waals surface area contributed by atoms with Gasteiger partial charge in [0.15, 0.2) is 0 Å². The van der Waals surface area contributed by atoms with Crippen molar-refractivity contribution in [3.05, 3.63) is 58.9 Å². The SMILES string of the molecule is CC[C@H](N)c1ccc(N(C)Cc2ccc(Cl)cc2)cn1. The Balaban J connectivity index is 2.05. The fourth-order valence-electron chi connectivity index (χ4n) is 2.01. The molecule has 0 radical (unpaired) electrons. The van der Waals surface area contributed by atoms with Gasteiger partial charge < -0.3 is 10.6 Å². The first kappa shape index (κ1) is 14.8. The van der Waals surface area contributed by atoms with Crippen LogP contribution in [0, 0.1) is 0 Å². The zero-order valence-corrected chi connectivity index (χ0v) is 12.6. The molecule has 0 saturated carbocycles. The molecule has 1 aromatic carbocycles. The molecule has 4 heteroatoms. The van der Waals surface area contributed by atoms with Gasteiger partial charge in [-0.25, -0.2) is 0 Å². The van der Waals surface area contributed by atoms with E-state index in [1.807, 2.05) is 43.6 Å². The molecule has 20 heavy (non-hydrogen) atoms. The Morgan fingerprint density at radius 2 is 1.90 bits per heavy atom. The topological polar surface area (TPSA) is 42.1 Å². The Labute approximate surface area is 125 Å². The molecule has 1 aromatic heterocycles. The molecule has 0 unspecified atom stereocenters. The number of pyridine rings is 1. The number of nitrogens with two attached hydrogens (primary N) is 1. The highest BCUT2D eigenvalue weighted by molar-refractivity contribution is 6.30. The number of halogens is 1. The molecule has 0 bridgehead atoms. The van der Waals surface area contributed by atoms with Gasteiger partial charge in [-0.1, -0.05) is 30.7 Å². The summed E-state index contributed by atoms with van der Waals surface area (Å²) in [5, 5.41) is 0.760. The van der Waals surface area contributed by atoms with E-state index in [0.717, 1.165) is 29.4 Å². The van der Waals surface area contributed by atoms with Gasteiger partial charge in [-0.15, -0.1) is 0 Å². The molecule has 1 heterocycles. The third-order valence-corrected chi connectivity index (χ3v) is 3.62. The maximum Gasteiger partial charge on any atom is 0.0572 e. The second-order valence-electron chi connectivity index (χ2n) is 4.94. The third kappa shape index (κ3) is 3.71. The Morgan fingerprint density at radius 1 is 1.20 bits per heavy atom. The third-order valence-electron chi connectivity index (χ3n) is 3.36. The molecule has 0 spiro atoms. The van der Waals surface area contributed by atoms with E-state index >= 15 is 0 Å². The van der Waals surface area contributed by atoms with Gasteiger partial charge in [-0.05, 0) is 36.2 Å². The summed E-state index contributed by atoms with van der Waals surface area (Å²) >= 11 is 5.89. The molecule has 0 aliphatic carbocycles. The van der Waals surface area contributed by atoms with Crippen LogP contribution in [0.1, 0.15) is 30.6 Å². The van der Waals surface area contributed by atoms with Gasteiger partial charge in [-0.3, -0.25) is 4.98 Å². The van der Waals surface area contributed by atoms with Gasteiger partial charge in [0.1, 0.15) is 0 Å². The van der Waals surface area contributed by atoms with E-state index in [4.69, 9.17) is 17.3 Å². The highest BCUT2D eigenvalue weighted by Crippen LogP contribution is 2.18. The fraction of sp³-hybridized carbons (Fsp3) is 0.312. The van der Waals surface area contributed by atoms with Crippen molar-refractivity contribution >= 4 is 17.3 Å². The van der Waals surface area contributed by atoms with E-state index < -0.39 is 0 Å². The number of nitrogens with zero attached hydrogens (tertiary/aromatic N) is 2. The molecule has 0 aliphatic heterocycles. The Morgan fingerprint density at radius 3 is 2.45 bits per heavy atom. The summed E-state index contributed by atoms with van der Waals surface area (Å²) in [6.07, 6.45) is 2.77. The second-order valence-corrected chi connectivity index (χ2v) is 5.37. The van der Waals surface area contributed by atoms with Crippen molar-refractivity contribution in [2.75, 3.05) is 11.9 Å². The van der Waals surface area contributed by atoms with Gasteiger partial charge in [-0.2, -0.15) is 0 Å². The highest BCUT2D eigenvalue weighted by atomic mass is 35.5. The molecule has 0 saturated heterocycles. The van der Waals surface area contributed by atoms with Gasteiger partial charge in [0.2, 0.25) is 0 Å². The predicted molar refractivity (Wildman–Crippen MR) is 85.0 cm³/mol. The lowest BCUT2D eigenvalue weighted by Gasteiger charge is -2.20. The van der Waals surface area contributed by atoms with Crippen LogP contribution < -0.4 is 10.6 Å². The Kier molecular flexibility index (Phi) is 4.99. The Hall–Kier alpha value is -1.58. The Bertz CT molecular complexity index is 537. The first-order valence-electron chi connectivity index (χ1n) is 6.77. The molecule has 0 amide bonds. The van der Waals surface area contributed by atoms with Crippen molar-refractivity contribution in [2.24, 2.45) is 5.73 Å². The van der Waals surface area contributed by atoms with Crippen molar-refractivity contribution in [3.63, 3.8) is 0 Å². The normalized spacial score (nSPS) is 12.2. The molecule has 3 nitrogen and oxygen atoms in total. The summed E-state index contributed by atoms with van der Waals surface area (Å²) in [6.45, 7) is 2.88. The second kappa shape index (κ2) is 6.73. The summed E-state index contributed by atoms with van der Waals surface area (Å²) in [5.74, 6) is 0. The van der Waals surface area contributed by atoms with Crippen LogP contribution >= 0.6 is 11.6 Å². The van der Waals surface area contributed by atoms with E-state index in [2.05, 4.69) is 22.9 Å². The standard InChI is InChI=1S/C16H20ClN3/c1-3-15(18)16-9-8-14(10-19-16)20(2)11-12-4-6-13(17)7-5-12/h4-10,15H,3,11,18H2,1-2H3/t15-/m0/s1. The van der Waals surface area contributed by atoms with Crippen LogP contribution in [0.3, 0.4) is 0 Å². The predicted octanol–water partition coefficient (Wildman–Crippen LogP) is 3.78. The van der Waals surface area contributed by atoms with Gasteiger partial charge in [0.25, 0.3) is 0 Å². The lowest BCUT2D eigenvalue weighted by atomic mass is 10.1. The van der Waals surface area contributed by atoms with Crippen molar-refractivity contribution in [1.82, 2.24) is 4.98 Å². The minimum atomic E-state index is 0.0191. The van der Waals surface area contributed by atoms with Crippen LogP contribution in [0.25, 0.3) is 0 Å². The summed E-state index contributed by atoms with van der Waals surface area (Å²) in [4.78, 5) is 6.59. The average Bonchev–Trinajstić information content (AvgIpc) is 2.49. The van der Waals surface area contributed by atoms with Crippen LogP contribution in [0.2, 0.25) is 5.02 Å². The monoisotopic (exact) mass is 289 g/mol. The van der Waals surface area contributed by atoms with Crippen LogP contribution in [-0.4, -0.2) is 12.0 Å². The van der Waals surface area contributed by atoms with Gasteiger partial charge in [0.05, 0.1) is 17.6 Å². The number of aromatic nitrogens is 1. The van der Waals surface area contributed by atoms with E-state index in [1.54, 1.807) is 0 Å². The van der Waals surface area contributed by atoms with Crippen molar-refractivity contribution in [1.29, 1.82) is 0 Å². The quantitative estimate of drug-likeness (QED) is 0.911. The minimum Gasteiger partial charge on any atom is -0.369 e. The fourth-order valence-corrected chi connectivity index (χ4v) is 2.13. The number of rotatable bonds is 5. The average molecular weight is 290 g/mol. The molecule has 106 valence electrons. The highest BCUT2D eigenvalue weighted by Gasteiger charge is 2.07. The first-order chi connectivity index (χ1) is 9.60. The van der Waals surface area contributed by atoms with Crippen LogP contribution in [-0.2, 0) is 6.54 Å². The molecule has 2 rings (SSSR count). The number of hydrogen-bond acceptors (Lipinski definition) is 3. The minimum absolute atomic E-state index is 0.0191. The summed E-state index contributed by atoms with van der Waals surface area (Å²) in [5.41, 5.74) is 9.20. The van der Waals surface area contributed by atoms with E-state index in [9.17, 15) is 0 Å². The molecule has 0 aliphatic rings. The molecule has 0 fully saturated rings. The van der Waals surface area contributed by atoms with Crippen molar-refractivity contribution < 1.29 is 0 Å². The molecule has 2 N–H and O–H groups in total. The molecular weight excluding hydrogens is 270 g/mol.